The van der Waals surface area contributed by atoms with Gasteiger partial charge in [-0.3, -0.25) is 4.79 Å². The topological polar surface area (TPSA) is 75.7 Å². The zero-order valence-corrected chi connectivity index (χ0v) is 18.8. The molecule has 2 aromatic carbocycles. The van der Waals surface area contributed by atoms with Crippen LogP contribution in [0.15, 0.2) is 64.9 Å². The van der Waals surface area contributed by atoms with Gasteiger partial charge >= 0.3 is 0 Å². The Balaban J connectivity index is 1.41. The van der Waals surface area contributed by atoms with Crippen molar-refractivity contribution in [1.29, 1.82) is 0 Å². The van der Waals surface area contributed by atoms with Gasteiger partial charge in [0, 0.05) is 30.1 Å². The molecular formula is C23H24N2O4S2. The molecule has 0 saturated carbocycles. The average molecular weight is 457 g/mol. The average Bonchev–Trinajstić information content (AvgIpc) is 3.51. The van der Waals surface area contributed by atoms with Crippen molar-refractivity contribution >= 4 is 27.3 Å². The van der Waals surface area contributed by atoms with E-state index in [0.717, 1.165) is 34.6 Å². The summed E-state index contributed by atoms with van der Waals surface area (Å²) in [5.41, 5.74) is 2.43. The Labute approximate surface area is 186 Å². The third-order valence-corrected chi connectivity index (χ3v) is 8.78. The third-order valence-electron chi connectivity index (χ3n) is 5.28. The van der Waals surface area contributed by atoms with Gasteiger partial charge in [-0.25, -0.2) is 8.42 Å². The quantitative estimate of drug-likeness (QED) is 0.580. The normalized spacial score (nSPS) is 14.5. The Morgan fingerprint density at radius 3 is 2.32 bits per heavy atom. The zero-order chi connectivity index (χ0) is 21.8. The Morgan fingerprint density at radius 2 is 1.68 bits per heavy atom. The molecule has 0 aliphatic carbocycles. The number of carbonyl (C=O) groups is 1. The molecule has 0 radical (unpaired) electrons. The summed E-state index contributed by atoms with van der Waals surface area (Å²) in [4.78, 5) is 13.3. The van der Waals surface area contributed by atoms with Gasteiger partial charge in [0.1, 0.15) is 9.96 Å². The minimum atomic E-state index is -3.41. The molecule has 0 unspecified atom stereocenters. The van der Waals surface area contributed by atoms with Crippen molar-refractivity contribution in [1.82, 2.24) is 9.62 Å². The molecule has 0 bridgehead atoms. The number of rotatable bonds is 7. The lowest BCUT2D eigenvalue weighted by Crippen LogP contribution is -2.27. The van der Waals surface area contributed by atoms with Crippen LogP contribution in [0.25, 0.3) is 10.4 Å². The first-order valence-electron chi connectivity index (χ1n) is 10.1. The minimum absolute atomic E-state index is 0.161. The van der Waals surface area contributed by atoms with Gasteiger partial charge in [-0.05, 0) is 60.4 Å². The maximum Gasteiger partial charge on any atom is 0.252 e. The van der Waals surface area contributed by atoms with Crippen LogP contribution in [-0.4, -0.2) is 38.8 Å². The number of nitrogens with zero attached hydrogens (tertiary/aromatic N) is 1. The van der Waals surface area contributed by atoms with Gasteiger partial charge in [-0.1, -0.05) is 24.3 Å². The second-order valence-electron chi connectivity index (χ2n) is 7.34. The van der Waals surface area contributed by atoms with E-state index in [1.165, 1.54) is 11.3 Å². The maximum atomic E-state index is 12.7. The van der Waals surface area contributed by atoms with Crippen molar-refractivity contribution in [3.05, 3.63) is 71.8 Å². The van der Waals surface area contributed by atoms with Gasteiger partial charge in [0.25, 0.3) is 15.9 Å². The number of amides is 1. The summed E-state index contributed by atoms with van der Waals surface area (Å²) in [6, 6.07) is 18.2. The largest absolute Gasteiger partial charge is 0.497 e. The van der Waals surface area contributed by atoms with Gasteiger partial charge in [0.15, 0.2) is 0 Å². The van der Waals surface area contributed by atoms with Crippen LogP contribution in [0.1, 0.15) is 28.8 Å². The fraction of sp³-hybridized carbons (Fsp3) is 0.261. The van der Waals surface area contributed by atoms with Gasteiger partial charge in [-0.15, -0.1) is 11.3 Å². The first kappa shape index (κ1) is 21.5. The molecule has 1 aromatic heterocycles. The summed E-state index contributed by atoms with van der Waals surface area (Å²) in [5.74, 6) is 0.612. The number of sulfonamides is 1. The Morgan fingerprint density at radius 1 is 1.00 bits per heavy atom. The van der Waals surface area contributed by atoms with Crippen molar-refractivity contribution in [2.45, 2.75) is 23.6 Å². The van der Waals surface area contributed by atoms with E-state index in [1.807, 2.05) is 42.5 Å². The molecule has 1 saturated heterocycles. The van der Waals surface area contributed by atoms with Crippen molar-refractivity contribution in [3.8, 4) is 16.2 Å². The molecule has 8 heteroatoms. The number of hydrogen-bond acceptors (Lipinski definition) is 5. The molecule has 1 N–H and O–H groups in total. The van der Waals surface area contributed by atoms with Crippen molar-refractivity contribution < 1.29 is 17.9 Å². The van der Waals surface area contributed by atoms with E-state index >= 15 is 0 Å². The zero-order valence-electron chi connectivity index (χ0n) is 17.2. The lowest BCUT2D eigenvalue weighted by molar-refractivity contribution is 0.0951. The molecule has 1 aliphatic rings. The summed E-state index contributed by atoms with van der Waals surface area (Å²) in [6.07, 6.45) is 1.83. The van der Waals surface area contributed by atoms with Crippen LogP contribution in [0.2, 0.25) is 0 Å². The smallest absolute Gasteiger partial charge is 0.252 e. The molecule has 1 fully saturated rings. The minimum Gasteiger partial charge on any atom is -0.497 e. The van der Waals surface area contributed by atoms with Crippen molar-refractivity contribution in [2.24, 2.45) is 0 Å². The van der Waals surface area contributed by atoms with Crippen molar-refractivity contribution in [3.63, 3.8) is 0 Å². The molecule has 1 aliphatic heterocycles. The summed E-state index contributed by atoms with van der Waals surface area (Å²) >= 11 is 1.26. The SMILES string of the molecule is COc1ccc(CNC(=O)c2ccc(-c3ccc(S(=O)(=O)N4CCCC4)s3)cc2)cc1. The van der Waals surface area contributed by atoms with E-state index in [4.69, 9.17) is 4.74 Å². The highest BCUT2D eigenvalue weighted by Crippen LogP contribution is 2.33. The maximum absolute atomic E-state index is 12.7. The first-order valence-corrected chi connectivity index (χ1v) is 12.3. The van der Waals surface area contributed by atoms with Gasteiger partial charge < -0.3 is 10.1 Å². The molecule has 31 heavy (non-hydrogen) atoms. The highest BCUT2D eigenvalue weighted by molar-refractivity contribution is 7.91. The third kappa shape index (κ3) is 4.81. The lowest BCUT2D eigenvalue weighted by Gasteiger charge is -2.13. The molecular weight excluding hydrogens is 432 g/mol. The second kappa shape index (κ2) is 9.21. The van der Waals surface area contributed by atoms with Crippen LogP contribution < -0.4 is 10.1 Å². The van der Waals surface area contributed by atoms with Gasteiger partial charge in [0.05, 0.1) is 7.11 Å². The Hall–Kier alpha value is -2.68. The number of ether oxygens (including phenoxy) is 1. The summed E-state index contributed by atoms with van der Waals surface area (Å²) < 4.78 is 32.5. The monoisotopic (exact) mass is 456 g/mol. The second-order valence-corrected chi connectivity index (χ2v) is 10.6. The molecule has 6 nitrogen and oxygen atoms in total. The summed E-state index contributed by atoms with van der Waals surface area (Å²) in [5, 5.41) is 2.91. The molecule has 4 rings (SSSR count). The molecule has 2 heterocycles. The molecule has 3 aromatic rings. The van der Waals surface area contributed by atoms with Crippen LogP contribution in [0, 0.1) is 0 Å². The van der Waals surface area contributed by atoms with E-state index in [2.05, 4.69) is 5.32 Å². The highest BCUT2D eigenvalue weighted by atomic mass is 32.2. The number of benzene rings is 2. The number of carbonyl (C=O) groups excluding carboxylic acids is 1. The van der Waals surface area contributed by atoms with Gasteiger partial charge in [0.2, 0.25) is 0 Å². The Kier molecular flexibility index (Phi) is 6.41. The van der Waals surface area contributed by atoms with E-state index < -0.39 is 10.0 Å². The van der Waals surface area contributed by atoms with Crippen LogP contribution in [0.3, 0.4) is 0 Å². The van der Waals surface area contributed by atoms with E-state index in [0.29, 0.717) is 29.4 Å². The van der Waals surface area contributed by atoms with Crippen LogP contribution >= 0.6 is 11.3 Å². The number of hydrogen-bond donors (Lipinski definition) is 1. The van der Waals surface area contributed by atoms with E-state index in [-0.39, 0.29) is 5.91 Å². The Bertz CT molecular complexity index is 1150. The van der Waals surface area contributed by atoms with Crippen LogP contribution in [0.4, 0.5) is 0 Å². The molecule has 0 atom stereocenters. The number of thiophene rings is 1. The lowest BCUT2D eigenvalue weighted by atomic mass is 10.1. The highest BCUT2D eigenvalue weighted by Gasteiger charge is 2.28. The van der Waals surface area contributed by atoms with Gasteiger partial charge in [-0.2, -0.15) is 4.31 Å². The van der Waals surface area contributed by atoms with Crippen LogP contribution in [-0.2, 0) is 16.6 Å². The summed E-state index contributed by atoms with van der Waals surface area (Å²) in [6.45, 7) is 1.61. The molecule has 0 spiro atoms. The fourth-order valence-corrected chi connectivity index (χ4v) is 6.47. The number of nitrogens with one attached hydrogen (secondary N) is 1. The summed E-state index contributed by atoms with van der Waals surface area (Å²) in [7, 11) is -1.79. The molecule has 1 amide bonds. The predicted octanol–water partition coefficient (Wildman–Crippen LogP) is 4.14. The van der Waals surface area contributed by atoms with Crippen LogP contribution in [0.5, 0.6) is 5.75 Å². The number of methoxy groups -OCH3 is 1. The predicted molar refractivity (Wildman–Crippen MR) is 122 cm³/mol. The van der Waals surface area contributed by atoms with E-state index in [1.54, 1.807) is 29.6 Å². The fourth-order valence-electron chi connectivity index (χ4n) is 3.48. The van der Waals surface area contributed by atoms with Crippen molar-refractivity contribution in [2.75, 3.05) is 20.2 Å². The first-order chi connectivity index (χ1) is 15.0. The molecule has 162 valence electrons. The standard InChI is InChI=1S/C23H24N2O4S2/c1-29-20-10-4-17(5-11-20)16-24-23(26)19-8-6-18(7-9-19)21-12-13-22(30-21)31(27,28)25-14-2-3-15-25/h4-13H,2-3,14-16H2,1H3,(H,24,26). The van der Waals surface area contributed by atoms with E-state index in [9.17, 15) is 13.2 Å².